The lowest BCUT2D eigenvalue weighted by molar-refractivity contribution is 0.332. The third kappa shape index (κ3) is 2.90. The van der Waals surface area contributed by atoms with Crippen molar-refractivity contribution in [2.75, 3.05) is 6.54 Å². The number of nitrogens with zero attached hydrogens (tertiary/aromatic N) is 5. The smallest absolute Gasteiger partial charge is 0.248 e. The third-order valence-corrected chi connectivity index (χ3v) is 6.78. The lowest BCUT2D eigenvalue weighted by Gasteiger charge is -2.20. The molecule has 10 heteroatoms. The van der Waals surface area contributed by atoms with Crippen molar-refractivity contribution < 1.29 is 12.8 Å². The predicted molar refractivity (Wildman–Crippen MR) is 91.4 cm³/mol. The van der Waals surface area contributed by atoms with Crippen LogP contribution in [-0.2, 0) is 16.6 Å². The number of aromatic nitrogens is 4. The van der Waals surface area contributed by atoms with Gasteiger partial charge in [-0.1, -0.05) is 0 Å². The molecule has 0 unspecified atom stereocenters. The van der Waals surface area contributed by atoms with Crippen molar-refractivity contribution in [3.05, 3.63) is 35.1 Å². The molecule has 1 aliphatic heterocycles. The maximum absolute atomic E-state index is 13.0. The molecular formula is C15H17N5O3S2. The van der Waals surface area contributed by atoms with Gasteiger partial charge in [0.2, 0.25) is 21.8 Å². The van der Waals surface area contributed by atoms with Crippen molar-refractivity contribution in [1.29, 1.82) is 0 Å². The molecule has 0 aromatic carbocycles. The molecule has 4 rings (SSSR count). The first kappa shape index (κ1) is 16.4. The van der Waals surface area contributed by atoms with E-state index in [1.807, 2.05) is 23.8 Å². The zero-order valence-corrected chi connectivity index (χ0v) is 15.2. The normalized spacial score (nSPS) is 18.8. The monoisotopic (exact) mass is 379 g/mol. The van der Waals surface area contributed by atoms with Gasteiger partial charge in [0.05, 0.1) is 6.20 Å². The molecule has 132 valence electrons. The van der Waals surface area contributed by atoms with Gasteiger partial charge in [0.25, 0.3) is 0 Å². The minimum atomic E-state index is -3.65. The summed E-state index contributed by atoms with van der Waals surface area (Å²) >= 11 is 1.54. The second kappa shape index (κ2) is 6.36. The Morgan fingerprint density at radius 1 is 1.40 bits per heavy atom. The van der Waals surface area contributed by atoms with E-state index in [0.29, 0.717) is 31.3 Å². The van der Waals surface area contributed by atoms with E-state index in [1.165, 1.54) is 21.8 Å². The molecule has 0 spiro atoms. The molecule has 0 radical (unpaired) electrons. The molecule has 0 aliphatic carbocycles. The Morgan fingerprint density at radius 3 is 3.00 bits per heavy atom. The minimum Gasteiger partial charge on any atom is -0.419 e. The Morgan fingerprint density at radius 2 is 2.28 bits per heavy atom. The third-order valence-electron chi connectivity index (χ3n) is 4.24. The molecule has 25 heavy (non-hydrogen) atoms. The second-order valence-electron chi connectivity index (χ2n) is 5.76. The summed E-state index contributed by atoms with van der Waals surface area (Å²) in [7, 11) is -3.65. The van der Waals surface area contributed by atoms with Gasteiger partial charge in [-0.25, -0.2) is 8.42 Å². The molecule has 0 amide bonds. The number of sulfonamides is 1. The van der Waals surface area contributed by atoms with E-state index in [-0.39, 0.29) is 4.90 Å². The van der Waals surface area contributed by atoms with Crippen LogP contribution in [0.3, 0.4) is 0 Å². The summed E-state index contributed by atoms with van der Waals surface area (Å²) in [5.74, 6) is 0.754. The SMILES string of the molecule is CCn1cc(S(=O)(=O)N2CCC[C@@H]2c2nnc(-c3ccsc3)o2)cn1. The quantitative estimate of drug-likeness (QED) is 0.676. The Balaban J connectivity index is 1.64. The van der Waals surface area contributed by atoms with Gasteiger partial charge in [0.1, 0.15) is 10.9 Å². The van der Waals surface area contributed by atoms with Crippen LogP contribution in [0.25, 0.3) is 11.5 Å². The highest BCUT2D eigenvalue weighted by Gasteiger charge is 2.39. The van der Waals surface area contributed by atoms with E-state index in [0.717, 1.165) is 12.0 Å². The number of hydrogen-bond donors (Lipinski definition) is 0. The average Bonchev–Trinajstić information content (AvgIpc) is 3.42. The molecule has 3 aromatic heterocycles. The number of rotatable bonds is 5. The lowest BCUT2D eigenvalue weighted by atomic mass is 10.2. The fraction of sp³-hybridized carbons (Fsp3) is 0.400. The largest absolute Gasteiger partial charge is 0.419 e. The first-order chi connectivity index (χ1) is 12.1. The molecule has 0 saturated carbocycles. The van der Waals surface area contributed by atoms with E-state index in [4.69, 9.17) is 4.42 Å². The summed E-state index contributed by atoms with van der Waals surface area (Å²) in [6.45, 7) is 2.96. The van der Waals surface area contributed by atoms with Crippen LogP contribution in [0.1, 0.15) is 31.7 Å². The van der Waals surface area contributed by atoms with E-state index >= 15 is 0 Å². The van der Waals surface area contributed by atoms with E-state index < -0.39 is 16.1 Å². The van der Waals surface area contributed by atoms with Crippen LogP contribution in [0, 0.1) is 0 Å². The van der Waals surface area contributed by atoms with Crippen molar-refractivity contribution in [3.8, 4) is 11.5 Å². The number of aryl methyl sites for hydroxylation is 1. The van der Waals surface area contributed by atoms with Crippen LogP contribution in [0.4, 0.5) is 0 Å². The molecule has 0 N–H and O–H groups in total. The van der Waals surface area contributed by atoms with Gasteiger partial charge in [-0.3, -0.25) is 4.68 Å². The predicted octanol–water partition coefficient (Wildman–Crippen LogP) is 2.54. The van der Waals surface area contributed by atoms with Gasteiger partial charge in [-0.2, -0.15) is 20.7 Å². The maximum Gasteiger partial charge on any atom is 0.248 e. The van der Waals surface area contributed by atoms with Gasteiger partial charge < -0.3 is 4.42 Å². The summed E-state index contributed by atoms with van der Waals surface area (Å²) in [5, 5.41) is 16.1. The van der Waals surface area contributed by atoms with Gasteiger partial charge in [-0.05, 0) is 31.2 Å². The molecule has 0 bridgehead atoms. The van der Waals surface area contributed by atoms with Crippen molar-refractivity contribution in [3.63, 3.8) is 0 Å². The van der Waals surface area contributed by atoms with Crippen LogP contribution in [0.2, 0.25) is 0 Å². The lowest BCUT2D eigenvalue weighted by Crippen LogP contribution is -2.30. The summed E-state index contributed by atoms with van der Waals surface area (Å²) < 4.78 is 34.7. The molecule has 4 heterocycles. The number of hydrogen-bond acceptors (Lipinski definition) is 7. The Bertz CT molecular complexity index is 961. The molecule has 1 fully saturated rings. The molecule has 8 nitrogen and oxygen atoms in total. The van der Waals surface area contributed by atoms with Gasteiger partial charge in [0, 0.05) is 30.2 Å². The molecule has 1 atom stereocenters. The zero-order chi connectivity index (χ0) is 17.4. The van der Waals surface area contributed by atoms with Crippen LogP contribution in [0.5, 0.6) is 0 Å². The highest BCUT2D eigenvalue weighted by Crippen LogP contribution is 2.36. The standard InChI is InChI=1S/C15H17N5O3S2/c1-2-19-9-12(8-16-19)25(21,22)20-6-3-4-13(20)15-18-17-14(23-15)11-5-7-24-10-11/h5,7-10,13H,2-4,6H2,1H3/t13-/m1/s1. The topological polar surface area (TPSA) is 94.1 Å². The highest BCUT2D eigenvalue weighted by atomic mass is 32.2. The Labute approximate surface area is 149 Å². The van der Waals surface area contributed by atoms with Crippen LogP contribution in [0.15, 0.2) is 38.5 Å². The van der Waals surface area contributed by atoms with Gasteiger partial charge in [0.15, 0.2) is 0 Å². The Hall–Kier alpha value is -2.04. The average molecular weight is 379 g/mol. The van der Waals surface area contributed by atoms with Crippen LogP contribution in [-0.4, -0.2) is 39.2 Å². The van der Waals surface area contributed by atoms with Crippen LogP contribution >= 0.6 is 11.3 Å². The van der Waals surface area contributed by atoms with E-state index in [1.54, 1.807) is 10.9 Å². The number of thiophene rings is 1. The highest BCUT2D eigenvalue weighted by molar-refractivity contribution is 7.89. The van der Waals surface area contributed by atoms with E-state index in [2.05, 4.69) is 15.3 Å². The van der Waals surface area contributed by atoms with Crippen molar-refractivity contribution >= 4 is 21.4 Å². The molecular weight excluding hydrogens is 362 g/mol. The second-order valence-corrected chi connectivity index (χ2v) is 8.43. The summed E-state index contributed by atoms with van der Waals surface area (Å²) in [4.78, 5) is 0.193. The maximum atomic E-state index is 13.0. The summed E-state index contributed by atoms with van der Waals surface area (Å²) in [5.41, 5.74) is 0.848. The van der Waals surface area contributed by atoms with Gasteiger partial charge >= 0.3 is 0 Å². The van der Waals surface area contributed by atoms with Crippen LogP contribution < -0.4 is 0 Å². The fourth-order valence-corrected chi connectivity index (χ4v) is 5.17. The summed E-state index contributed by atoms with van der Waals surface area (Å²) in [6.07, 6.45) is 4.35. The van der Waals surface area contributed by atoms with Gasteiger partial charge in [-0.15, -0.1) is 10.2 Å². The fourth-order valence-electron chi connectivity index (χ4n) is 2.93. The molecule has 1 aliphatic rings. The first-order valence-corrected chi connectivity index (χ1v) is 10.4. The Kier molecular flexibility index (Phi) is 4.18. The van der Waals surface area contributed by atoms with Crippen molar-refractivity contribution in [2.24, 2.45) is 0 Å². The summed E-state index contributed by atoms with van der Waals surface area (Å²) in [6, 6.07) is 1.46. The van der Waals surface area contributed by atoms with Crippen molar-refractivity contribution in [2.45, 2.75) is 37.2 Å². The zero-order valence-electron chi connectivity index (χ0n) is 13.6. The first-order valence-electron chi connectivity index (χ1n) is 8.00. The van der Waals surface area contributed by atoms with E-state index in [9.17, 15) is 8.42 Å². The minimum absolute atomic E-state index is 0.193. The molecule has 1 saturated heterocycles. The van der Waals surface area contributed by atoms with Crippen molar-refractivity contribution in [1.82, 2.24) is 24.3 Å². The molecule has 3 aromatic rings.